The first-order valence-corrected chi connectivity index (χ1v) is 9.16. The molecule has 0 bridgehead atoms. The SMILES string of the molecule is CN=C(NCCc1cccc(C(=O)NC)c1)NCc1ccc(N(C)C)c(F)c1.I. The summed E-state index contributed by atoms with van der Waals surface area (Å²) in [5.41, 5.74) is 3.10. The largest absolute Gasteiger partial charge is 0.375 e. The Morgan fingerprint density at radius 2 is 1.86 bits per heavy atom. The average molecular weight is 513 g/mol. The molecule has 29 heavy (non-hydrogen) atoms. The number of nitrogens with zero attached hydrogens (tertiary/aromatic N) is 2. The number of carbonyl (C=O) groups excluding carboxylic acids is 1. The Labute approximate surface area is 189 Å². The minimum atomic E-state index is -0.247. The van der Waals surface area contributed by atoms with Crippen molar-refractivity contribution < 1.29 is 9.18 Å². The van der Waals surface area contributed by atoms with Crippen LogP contribution in [0.25, 0.3) is 0 Å². The lowest BCUT2D eigenvalue weighted by atomic mass is 10.1. The van der Waals surface area contributed by atoms with E-state index in [9.17, 15) is 9.18 Å². The van der Waals surface area contributed by atoms with Gasteiger partial charge in [-0.15, -0.1) is 24.0 Å². The van der Waals surface area contributed by atoms with Crippen LogP contribution in [0.2, 0.25) is 0 Å². The third-order valence-corrected chi connectivity index (χ3v) is 4.30. The molecular formula is C21H29FIN5O. The average Bonchev–Trinajstić information content (AvgIpc) is 2.69. The molecule has 0 aliphatic carbocycles. The fraction of sp³-hybridized carbons (Fsp3) is 0.333. The zero-order valence-corrected chi connectivity index (χ0v) is 19.6. The van der Waals surface area contributed by atoms with Gasteiger partial charge in [-0.05, 0) is 41.8 Å². The van der Waals surface area contributed by atoms with Crippen molar-refractivity contribution in [2.24, 2.45) is 4.99 Å². The second-order valence-electron chi connectivity index (χ2n) is 6.56. The molecule has 2 aromatic rings. The Bertz CT molecular complexity index is 842. The molecule has 2 rings (SSSR count). The van der Waals surface area contributed by atoms with Gasteiger partial charge < -0.3 is 20.9 Å². The van der Waals surface area contributed by atoms with Crippen LogP contribution < -0.4 is 20.9 Å². The quantitative estimate of drug-likeness (QED) is 0.303. The summed E-state index contributed by atoms with van der Waals surface area (Å²) in [6.07, 6.45) is 0.748. The molecule has 0 spiro atoms. The van der Waals surface area contributed by atoms with Crippen molar-refractivity contribution in [2.75, 3.05) is 39.6 Å². The topological polar surface area (TPSA) is 68.8 Å². The third kappa shape index (κ3) is 7.52. The first-order valence-electron chi connectivity index (χ1n) is 9.16. The van der Waals surface area contributed by atoms with Crippen LogP contribution >= 0.6 is 24.0 Å². The zero-order chi connectivity index (χ0) is 20.5. The van der Waals surface area contributed by atoms with E-state index in [2.05, 4.69) is 20.9 Å². The lowest BCUT2D eigenvalue weighted by Crippen LogP contribution is -2.37. The van der Waals surface area contributed by atoms with E-state index >= 15 is 0 Å². The van der Waals surface area contributed by atoms with Gasteiger partial charge in [-0.25, -0.2) is 4.39 Å². The van der Waals surface area contributed by atoms with Crippen molar-refractivity contribution in [3.63, 3.8) is 0 Å². The highest BCUT2D eigenvalue weighted by Gasteiger charge is 2.07. The molecule has 0 aromatic heterocycles. The number of carbonyl (C=O) groups is 1. The molecule has 0 heterocycles. The minimum absolute atomic E-state index is 0. The fourth-order valence-electron chi connectivity index (χ4n) is 2.77. The van der Waals surface area contributed by atoms with E-state index in [1.807, 2.05) is 38.4 Å². The van der Waals surface area contributed by atoms with Gasteiger partial charge in [0.1, 0.15) is 5.82 Å². The monoisotopic (exact) mass is 513 g/mol. The van der Waals surface area contributed by atoms with Gasteiger partial charge in [-0.1, -0.05) is 18.2 Å². The molecule has 6 nitrogen and oxygen atoms in total. The maximum Gasteiger partial charge on any atom is 0.251 e. The summed E-state index contributed by atoms with van der Waals surface area (Å²) in [6.45, 7) is 1.13. The van der Waals surface area contributed by atoms with E-state index in [4.69, 9.17) is 0 Å². The van der Waals surface area contributed by atoms with Crippen LogP contribution in [0.4, 0.5) is 10.1 Å². The molecule has 8 heteroatoms. The lowest BCUT2D eigenvalue weighted by molar-refractivity contribution is 0.0963. The second-order valence-corrected chi connectivity index (χ2v) is 6.56. The zero-order valence-electron chi connectivity index (χ0n) is 17.3. The summed E-state index contributed by atoms with van der Waals surface area (Å²) in [5, 5.41) is 9.04. The number of benzene rings is 2. The van der Waals surface area contributed by atoms with Crippen LogP contribution in [0.1, 0.15) is 21.5 Å². The van der Waals surface area contributed by atoms with Gasteiger partial charge in [0, 0.05) is 46.8 Å². The molecule has 1 amide bonds. The predicted molar refractivity (Wildman–Crippen MR) is 128 cm³/mol. The molecule has 2 aromatic carbocycles. The van der Waals surface area contributed by atoms with Gasteiger partial charge in [-0.2, -0.15) is 0 Å². The van der Waals surface area contributed by atoms with Gasteiger partial charge in [0.25, 0.3) is 5.91 Å². The van der Waals surface area contributed by atoms with E-state index in [1.54, 1.807) is 31.1 Å². The highest BCUT2D eigenvalue weighted by atomic mass is 127. The van der Waals surface area contributed by atoms with E-state index in [1.165, 1.54) is 6.07 Å². The Morgan fingerprint density at radius 1 is 1.10 bits per heavy atom. The lowest BCUT2D eigenvalue weighted by Gasteiger charge is -2.15. The Hall–Kier alpha value is -2.36. The second kappa shape index (κ2) is 12.3. The van der Waals surface area contributed by atoms with Gasteiger partial charge in [0.05, 0.1) is 5.69 Å². The van der Waals surface area contributed by atoms with E-state index < -0.39 is 0 Å². The van der Waals surface area contributed by atoms with Gasteiger partial charge >= 0.3 is 0 Å². The Kier molecular flexibility index (Phi) is 10.4. The molecule has 0 saturated heterocycles. The highest BCUT2D eigenvalue weighted by molar-refractivity contribution is 14.0. The summed E-state index contributed by atoms with van der Waals surface area (Å²) in [4.78, 5) is 17.6. The maximum atomic E-state index is 14.1. The Morgan fingerprint density at radius 3 is 2.48 bits per heavy atom. The van der Waals surface area contributed by atoms with Crippen LogP contribution in [-0.2, 0) is 13.0 Å². The van der Waals surface area contributed by atoms with Crippen LogP contribution in [0, 0.1) is 5.82 Å². The molecule has 0 radical (unpaired) electrons. The van der Waals surface area contributed by atoms with Crippen molar-refractivity contribution >= 4 is 41.5 Å². The molecular weight excluding hydrogens is 484 g/mol. The predicted octanol–water partition coefficient (Wildman–Crippen LogP) is 2.78. The number of hydrogen-bond donors (Lipinski definition) is 3. The number of nitrogens with one attached hydrogen (secondary N) is 3. The summed E-state index contributed by atoms with van der Waals surface area (Å²) in [6, 6.07) is 12.7. The van der Waals surface area contributed by atoms with Gasteiger partial charge in [0.2, 0.25) is 0 Å². The van der Waals surface area contributed by atoms with Crippen molar-refractivity contribution in [3.05, 3.63) is 65.0 Å². The molecule has 0 aliphatic rings. The first kappa shape index (κ1) is 24.7. The van der Waals surface area contributed by atoms with Crippen LogP contribution in [0.3, 0.4) is 0 Å². The molecule has 0 aliphatic heterocycles. The van der Waals surface area contributed by atoms with Crippen molar-refractivity contribution in [1.82, 2.24) is 16.0 Å². The van der Waals surface area contributed by atoms with Crippen LogP contribution in [-0.4, -0.2) is 46.6 Å². The van der Waals surface area contributed by atoms with Gasteiger partial charge in [-0.3, -0.25) is 9.79 Å². The van der Waals surface area contributed by atoms with Crippen molar-refractivity contribution in [1.29, 1.82) is 0 Å². The minimum Gasteiger partial charge on any atom is -0.375 e. The molecule has 0 fully saturated rings. The number of guanidine groups is 1. The highest BCUT2D eigenvalue weighted by Crippen LogP contribution is 2.18. The summed E-state index contributed by atoms with van der Waals surface area (Å²) in [7, 11) is 6.93. The summed E-state index contributed by atoms with van der Waals surface area (Å²) >= 11 is 0. The van der Waals surface area contributed by atoms with E-state index in [0.29, 0.717) is 30.3 Å². The molecule has 0 unspecified atom stereocenters. The number of rotatable bonds is 7. The molecule has 0 atom stereocenters. The fourth-order valence-corrected chi connectivity index (χ4v) is 2.77. The number of anilines is 1. The van der Waals surface area contributed by atoms with Crippen molar-refractivity contribution in [2.45, 2.75) is 13.0 Å². The summed E-state index contributed by atoms with van der Waals surface area (Å²) in [5.74, 6) is 0.294. The normalized spacial score (nSPS) is 10.7. The summed E-state index contributed by atoms with van der Waals surface area (Å²) < 4.78 is 14.1. The maximum absolute atomic E-state index is 14.1. The smallest absolute Gasteiger partial charge is 0.251 e. The standard InChI is InChI=1S/C21H28FN5O.HI/c1-23-20(28)17-7-5-6-15(12-17)10-11-25-21(24-2)26-14-16-8-9-19(27(3)4)18(22)13-16;/h5-9,12-13H,10-11,14H2,1-4H3,(H,23,28)(H2,24,25,26);1H. The first-order chi connectivity index (χ1) is 13.4. The van der Waals surface area contributed by atoms with Crippen LogP contribution in [0.5, 0.6) is 0 Å². The van der Waals surface area contributed by atoms with Gasteiger partial charge in [0.15, 0.2) is 5.96 Å². The molecule has 158 valence electrons. The van der Waals surface area contributed by atoms with E-state index in [0.717, 1.165) is 17.5 Å². The van der Waals surface area contributed by atoms with E-state index in [-0.39, 0.29) is 35.7 Å². The number of halogens is 2. The molecule has 3 N–H and O–H groups in total. The van der Waals surface area contributed by atoms with Crippen LogP contribution in [0.15, 0.2) is 47.5 Å². The number of hydrogen-bond acceptors (Lipinski definition) is 3. The molecule has 0 saturated carbocycles. The third-order valence-electron chi connectivity index (χ3n) is 4.30. The van der Waals surface area contributed by atoms with Crippen molar-refractivity contribution in [3.8, 4) is 0 Å². The number of amides is 1. The number of aliphatic imine (C=N–C) groups is 1. The Balaban J connectivity index is 0.00000420.